The van der Waals surface area contributed by atoms with Gasteiger partial charge in [-0.05, 0) is 48.2 Å². The molecule has 0 radical (unpaired) electrons. The predicted molar refractivity (Wildman–Crippen MR) is 115 cm³/mol. The molecule has 1 unspecified atom stereocenters. The largest absolute Gasteiger partial charge is 0.439 e. The van der Waals surface area contributed by atoms with Crippen molar-refractivity contribution < 1.29 is 9.53 Å². The minimum absolute atomic E-state index is 0. The van der Waals surface area contributed by atoms with E-state index in [-0.39, 0.29) is 30.9 Å². The Bertz CT molecular complexity index is 857. The fraction of sp³-hybridized carbons (Fsp3) is 0.143. The van der Waals surface area contributed by atoms with Gasteiger partial charge in [0, 0.05) is 23.9 Å². The maximum atomic E-state index is 11.1. The van der Waals surface area contributed by atoms with Crippen molar-refractivity contribution in [3.63, 3.8) is 0 Å². The molecule has 0 aliphatic heterocycles. The molecule has 3 aromatic rings. The Morgan fingerprint density at radius 3 is 2.21 bits per heavy atom. The van der Waals surface area contributed by atoms with Gasteiger partial charge in [-0.1, -0.05) is 36.4 Å². The van der Waals surface area contributed by atoms with Crippen LogP contribution in [0.15, 0.2) is 72.9 Å². The second-order valence-corrected chi connectivity index (χ2v) is 6.05. The highest BCUT2D eigenvalue weighted by Gasteiger charge is 2.08. The molecule has 0 aliphatic rings. The van der Waals surface area contributed by atoms with Gasteiger partial charge in [-0.3, -0.25) is 4.79 Å². The number of benzene rings is 2. The van der Waals surface area contributed by atoms with E-state index >= 15 is 0 Å². The van der Waals surface area contributed by atoms with E-state index in [1.807, 2.05) is 24.3 Å². The molecule has 0 bridgehead atoms. The molecule has 0 saturated heterocycles. The SMILES string of the molecule is Cl.Cl.NC(=O)c1ccc(Oc2ccc(C(N)CCc3ccccc3)cn2)cc1. The topological polar surface area (TPSA) is 91.2 Å². The fourth-order valence-corrected chi connectivity index (χ4v) is 2.61. The summed E-state index contributed by atoms with van der Waals surface area (Å²) >= 11 is 0. The summed E-state index contributed by atoms with van der Waals surface area (Å²) in [5.74, 6) is 0.586. The lowest BCUT2D eigenvalue weighted by atomic mass is 10.0. The zero-order valence-corrected chi connectivity index (χ0v) is 16.8. The number of nitrogens with two attached hydrogens (primary N) is 2. The summed E-state index contributed by atoms with van der Waals surface area (Å²) < 4.78 is 5.67. The van der Waals surface area contributed by atoms with Crippen LogP contribution in [0.2, 0.25) is 0 Å². The lowest BCUT2D eigenvalue weighted by Gasteiger charge is -2.12. The van der Waals surface area contributed by atoms with Crippen molar-refractivity contribution in [3.05, 3.63) is 89.6 Å². The van der Waals surface area contributed by atoms with Gasteiger partial charge in [-0.15, -0.1) is 24.8 Å². The number of hydrogen-bond donors (Lipinski definition) is 2. The number of ether oxygens (including phenoxy) is 1. The summed E-state index contributed by atoms with van der Waals surface area (Å²) in [5.41, 5.74) is 14.2. The van der Waals surface area contributed by atoms with E-state index in [4.69, 9.17) is 16.2 Å². The lowest BCUT2D eigenvalue weighted by Crippen LogP contribution is -2.11. The summed E-state index contributed by atoms with van der Waals surface area (Å²) in [6.07, 6.45) is 3.51. The molecule has 0 spiro atoms. The van der Waals surface area contributed by atoms with Crippen molar-refractivity contribution in [1.29, 1.82) is 0 Å². The molecule has 0 saturated carbocycles. The Hall–Kier alpha value is -2.60. The van der Waals surface area contributed by atoms with Crippen LogP contribution in [0.25, 0.3) is 0 Å². The maximum absolute atomic E-state index is 11.1. The molecule has 1 atom stereocenters. The first-order valence-electron chi connectivity index (χ1n) is 8.45. The molecule has 2 aromatic carbocycles. The molecular formula is C21H23Cl2N3O2. The molecule has 148 valence electrons. The minimum atomic E-state index is -0.469. The molecular weight excluding hydrogens is 397 g/mol. The van der Waals surface area contributed by atoms with E-state index in [0.717, 1.165) is 18.4 Å². The molecule has 0 aliphatic carbocycles. The number of amides is 1. The van der Waals surface area contributed by atoms with Crippen LogP contribution in [-0.4, -0.2) is 10.9 Å². The van der Waals surface area contributed by atoms with Gasteiger partial charge in [0.15, 0.2) is 0 Å². The monoisotopic (exact) mass is 419 g/mol. The molecule has 0 fully saturated rings. The molecule has 28 heavy (non-hydrogen) atoms. The van der Waals surface area contributed by atoms with Crippen LogP contribution in [0.4, 0.5) is 0 Å². The van der Waals surface area contributed by atoms with Crippen LogP contribution in [0, 0.1) is 0 Å². The van der Waals surface area contributed by atoms with E-state index in [1.165, 1.54) is 5.56 Å². The summed E-state index contributed by atoms with van der Waals surface area (Å²) in [5, 5.41) is 0. The third-order valence-corrected chi connectivity index (χ3v) is 4.14. The number of carbonyl (C=O) groups excluding carboxylic acids is 1. The Labute approximate surface area is 176 Å². The molecule has 1 aromatic heterocycles. The van der Waals surface area contributed by atoms with Crippen LogP contribution in [0.5, 0.6) is 11.6 Å². The highest BCUT2D eigenvalue weighted by atomic mass is 35.5. The van der Waals surface area contributed by atoms with Crippen molar-refractivity contribution >= 4 is 30.7 Å². The third kappa shape index (κ3) is 6.53. The normalized spacial score (nSPS) is 10.9. The van der Waals surface area contributed by atoms with Gasteiger partial charge in [0.2, 0.25) is 11.8 Å². The quantitative estimate of drug-likeness (QED) is 0.591. The molecule has 7 heteroatoms. The summed E-state index contributed by atoms with van der Waals surface area (Å²) in [6, 6.07) is 20.5. The van der Waals surface area contributed by atoms with Gasteiger partial charge in [-0.25, -0.2) is 4.98 Å². The van der Waals surface area contributed by atoms with E-state index in [2.05, 4.69) is 17.1 Å². The van der Waals surface area contributed by atoms with Crippen LogP contribution in [0.1, 0.15) is 33.9 Å². The number of pyridine rings is 1. The first-order chi connectivity index (χ1) is 12.6. The van der Waals surface area contributed by atoms with Crippen molar-refractivity contribution in [3.8, 4) is 11.6 Å². The van der Waals surface area contributed by atoms with Crippen LogP contribution < -0.4 is 16.2 Å². The Morgan fingerprint density at radius 2 is 1.64 bits per heavy atom. The Morgan fingerprint density at radius 1 is 0.964 bits per heavy atom. The van der Waals surface area contributed by atoms with Crippen molar-refractivity contribution in [2.24, 2.45) is 11.5 Å². The maximum Gasteiger partial charge on any atom is 0.248 e. The molecule has 3 rings (SSSR count). The summed E-state index contributed by atoms with van der Waals surface area (Å²) in [4.78, 5) is 15.4. The average Bonchev–Trinajstić information content (AvgIpc) is 2.68. The molecule has 5 nitrogen and oxygen atoms in total. The number of aromatic nitrogens is 1. The fourth-order valence-electron chi connectivity index (χ4n) is 2.61. The van der Waals surface area contributed by atoms with Gasteiger partial charge in [0.25, 0.3) is 0 Å². The number of rotatable bonds is 7. The highest BCUT2D eigenvalue weighted by Crippen LogP contribution is 2.22. The van der Waals surface area contributed by atoms with Crippen molar-refractivity contribution in [2.75, 3.05) is 0 Å². The van der Waals surface area contributed by atoms with Gasteiger partial charge in [-0.2, -0.15) is 0 Å². The number of carbonyl (C=O) groups is 1. The second kappa shape index (κ2) is 11.3. The Kier molecular flexibility index (Phi) is 9.45. The van der Waals surface area contributed by atoms with Crippen LogP contribution in [-0.2, 0) is 6.42 Å². The molecule has 1 amide bonds. The van der Waals surface area contributed by atoms with E-state index in [9.17, 15) is 4.79 Å². The van der Waals surface area contributed by atoms with Gasteiger partial charge in [0.05, 0.1) is 0 Å². The average molecular weight is 420 g/mol. The molecule has 1 heterocycles. The zero-order valence-electron chi connectivity index (χ0n) is 15.2. The number of aryl methyl sites for hydroxylation is 1. The predicted octanol–water partition coefficient (Wildman–Crippen LogP) is 4.45. The number of hydrogen-bond acceptors (Lipinski definition) is 4. The number of nitrogens with zero attached hydrogens (tertiary/aromatic N) is 1. The van der Waals surface area contributed by atoms with E-state index in [1.54, 1.807) is 36.5 Å². The van der Waals surface area contributed by atoms with Crippen LogP contribution >= 0.6 is 24.8 Å². The first-order valence-corrected chi connectivity index (χ1v) is 8.45. The van der Waals surface area contributed by atoms with Gasteiger partial charge >= 0.3 is 0 Å². The zero-order chi connectivity index (χ0) is 18.4. The lowest BCUT2D eigenvalue weighted by molar-refractivity contribution is 0.100. The highest BCUT2D eigenvalue weighted by molar-refractivity contribution is 5.92. The van der Waals surface area contributed by atoms with E-state index in [0.29, 0.717) is 17.2 Å². The van der Waals surface area contributed by atoms with E-state index < -0.39 is 5.91 Å². The van der Waals surface area contributed by atoms with Gasteiger partial charge < -0.3 is 16.2 Å². The van der Waals surface area contributed by atoms with Crippen molar-refractivity contribution in [1.82, 2.24) is 4.98 Å². The summed E-state index contributed by atoms with van der Waals surface area (Å²) in [6.45, 7) is 0. The third-order valence-electron chi connectivity index (χ3n) is 4.14. The molecule has 4 N–H and O–H groups in total. The number of halogens is 2. The minimum Gasteiger partial charge on any atom is -0.439 e. The van der Waals surface area contributed by atoms with Gasteiger partial charge in [0.1, 0.15) is 5.75 Å². The second-order valence-electron chi connectivity index (χ2n) is 6.05. The Balaban J connectivity index is 0.00000196. The van der Waals surface area contributed by atoms with Crippen molar-refractivity contribution in [2.45, 2.75) is 18.9 Å². The number of primary amides is 1. The first kappa shape index (κ1) is 23.4. The van der Waals surface area contributed by atoms with Crippen LogP contribution in [0.3, 0.4) is 0 Å². The smallest absolute Gasteiger partial charge is 0.248 e. The standard InChI is InChI=1S/C21H21N3O2.2ClH/c22-19(12-6-15-4-2-1-3-5-15)17-9-13-20(24-14-17)26-18-10-7-16(8-11-18)21(23)25;;/h1-5,7-11,13-14,19H,6,12,22H2,(H2,23,25);2*1H. The summed E-state index contributed by atoms with van der Waals surface area (Å²) in [7, 11) is 0.